The highest BCUT2D eigenvalue weighted by molar-refractivity contribution is 6.51. The van der Waals surface area contributed by atoms with Gasteiger partial charge < -0.3 is 5.11 Å². The second-order valence-electron chi connectivity index (χ2n) is 7.73. The molecule has 1 fully saturated rings. The maximum Gasteiger partial charge on any atom is 0.300 e. The molecule has 1 saturated heterocycles. The number of hydrogen-bond acceptors (Lipinski definition) is 3. The molecule has 30 heavy (non-hydrogen) atoms. The van der Waals surface area contributed by atoms with Gasteiger partial charge in [0.2, 0.25) is 0 Å². The van der Waals surface area contributed by atoms with Crippen molar-refractivity contribution in [3.63, 3.8) is 0 Å². The molecule has 4 heteroatoms. The molecule has 0 radical (unpaired) electrons. The molecule has 1 heterocycles. The van der Waals surface area contributed by atoms with Crippen molar-refractivity contribution in [1.82, 2.24) is 0 Å². The molecule has 4 nitrogen and oxygen atoms in total. The summed E-state index contributed by atoms with van der Waals surface area (Å²) >= 11 is 0. The molecule has 0 saturated carbocycles. The van der Waals surface area contributed by atoms with Crippen LogP contribution in [0.2, 0.25) is 0 Å². The first kappa shape index (κ1) is 19.6. The largest absolute Gasteiger partial charge is 0.507 e. The lowest BCUT2D eigenvalue weighted by Crippen LogP contribution is -2.29. The van der Waals surface area contributed by atoms with Crippen LogP contribution < -0.4 is 4.90 Å². The summed E-state index contributed by atoms with van der Waals surface area (Å²) in [4.78, 5) is 27.8. The Hall–Kier alpha value is -3.66. The second-order valence-corrected chi connectivity index (χ2v) is 7.73. The number of benzene rings is 3. The van der Waals surface area contributed by atoms with Gasteiger partial charge in [-0.15, -0.1) is 0 Å². The molecule has 0 aliphatic carbocycles. The summed E-state index contributed by atoms with van der Waals surface area (Å²) in [5, 5.41) is 11.1. The van der Waals surface area contributed by atoms with E-state index in [0.717, 1.165) is 22.3 Å². The van der Waals surface area contributed by atoms with E-state index in [9.17, 15) is 14.7 Å². The van der Waals surface area contributed by atoms with Gasteiger partial charge in [0, 0.05) is 11.3 Å². The van der Waals surface area contributed by atoms with Crippen LogP contribution in [0.3, 0.4) is 0 Å². The first-order valence-corrected chi connectivity index (χ1v) is 9.88. The Balaban J connectivity index is 1.98. The highest BCUT2D eigenvalue weighted by Crippen LogP contribution is 2.43. The quantitative estimate of drug-likeness (QED) is 0.374. The molecular weight excluding hydrogens is 374 g/mol. The number of aliphatic hydroxyl groups is 1. The fourth-order valence-electron chi connectivity index (χ4n) is 3.93. The molecule has 3 aromatic rings. The first-order chi connectivity index (χ1) is 14.4. The predicted molar refractivity (Wildman–Crippen MR) is 118 cm³/mol. The lowest BCUT2D eigenvalue weighted by atomic mass is 9.92. The lowest BCUT2D eigenvalue weighted by molar-refractivity contribution is -0.132. The molecule has 0 spiro atoms. The number of Topliss-reactive ketones (excluding diaryl/α,β-unsaturated/α-hetero) is 1. The van der Waals surface area contributed by atoms with E-state index in [4.69, 9.17) is 0 Å². The lowest BCUT2D eigenvalue weighted by Gasteiger charge is -2.27. The van der Waals surface area contributed by atoms with Crippen molar-refractivity contribution in [3.05, 3.63) is 106 Å². The van der Waals surface area contributed by atoms with Gasteiger partial charge in [-0.05, 0) is 49.6 Å². The Morgan fingerprint density at radius 3 is 2.20 bits per heavy atom. The molecule has 3 aromatic carbocycles. The topological polar surface area (TPSA) is 57.6 Å². The molecule has 1 amide bonds. The number of nitrogens with zero attached hydrogens (tertiary/aromatic N) is 1. The second kappa shape index (κ2) is 7.64. The van der Waals surface area contributed by atoms with Crippen molar-refractivity contribution >= 4 is 23.1 Å². The van der Waals surface area contributed by atoms with Crippen molar-refractivity contribution in [2.45, 2.75) is 26.8 Å². The average molecular weight is 397 g/mol. The zero-order chi connectivity index (χ0) is 21.4. The van der Waals surface area contributed by atoms with E-state index in [-0.39, 0.29) is 11.3 Å². The van der Waals surface area contributed by atoms with Gasteiger partial charge >= 0.3 is 0 Å². The van der Waals surface area contributed by atoms with E-state index >= 15 is 0 Å². The standard InChI is InChI=1S/C26H23NO3/c1-16-11-13-19(14-12-16)24(28)22-23(21-10-5-4-8-18(21)3)27(26(30)25(22)29)20-9-6-7-17(2)15-20/h4-15,23,28H,1-3H3/b24-22+. The fraction of sp³-hybridized carbons (Fsp3) is 0.154. The van der Waals surface area contributed by atoms with Crippen LogP contribution in [0.5, 0.6) is 0 Å². The SMILES string of the molecule is Cc1ccc(/C(O)=C2\C(=O)C(=O)N(c3cccc(C)c3)C2c2ccccc2C)cc1. The number of anilines is 1. The number of aliphatic hydroxyl groups excluding tert-OH is 1. The summed E-state index contributed by atoms with van der Waals surface area (Å²) in [6.45, 7) is 5.83. The zero-order valence-electron chi connectivity index (χ0n) is 17.2. The highest BCUT2D eigenvalue weighted by atomic mass is 16.3. The van der Waals surface area contributed by atoms with Crippen LogP contribution in [0.1, 0.15) is 33.9 Å². The monoisotopic (exact) mass is 397 g/mol. The van der Waals surface area contributed by atoms with E-state index in [2.05, 4.69) is 0 Å². The van der Waals surface area contributed by atoms with Gasteiger partial charge in [-0.1, -0.05) is 66.2 Å². The third-order valence-corrected chi connectivity index (χ3v) is 5.53. The summed E-state index contributed by atoms with van der Waals surface area (Å²) in [5.74, 6) is -1.47. The van der Waals surface area contributed by atoms with Crippen LogP contribution in [-0.2, 0) is 9.59 Å². The smallest absolute Gasteiger partial charge is 0.300 e. The Morgan fingerprint density at radius 2 is 1.53 bits per heavy atom. The van der Waals surface area contributed by atoms with Gasteiger partial charge in [-0.2, -0.15) is 0 Å². The van der Waals surface area contributed by atoms with Gasteiger partial charge in [-0.25, -0.2) is 0 Å². The molecule has 150 valence electrons. The molecule has 0 aromatic heterocycles. The number of aryl methyl sites for hydroxylation is 3. The maximum absolute atomic E-state index is 13.1. The minimum Gasteiger partial charge on any atom is -0.507 e. The highest BCUT2D eigenvalue weighted by Gasteiger charge is 2.47. The van der Waals surface area contributed by atoms with Crippen LogP contribution >= 0.6 is 0 Å². The van der Waals surface area contributed by atoms with Gasteiger partial charge in [0.05, 0.1) is 11.6 Å². The molecule has 1 N–H and O–H groups in total. The minimum absolute atomic E-state index is 0.111. The average Bonchev–Trinajstić information content (AvgIpc) is 2.99. The van der Waals surface area contributed by atoms with E-state index in [1.54, 1.807) is 12.1 Å². The molecule has 1 unspecified atom stereocenters. The number of hydrogen-bond donors (Lipinski definition) is 1. The van der Waals surface area contributed by atoms with Gasteiger partial charge in [0.1, 0.15) is 5.76 Å². The number of ketones is 1. The van der Waals surface area contributed by atoms with Crippen LogP contribution in [0.15, 0.2) is 78.4 Å². The van der Waals surface area contributed by atoms with Crippen molar-refractivity contribution in [1.29, 1.82) is 0 Å². The van der Waals surface area contributed by atoms with Gasteiger partial charge in [0.25, 0.3) is 11.7 Å². The Bertz CT molecular complexity index is 1170. The first-order valence-electron chi connectivity index (χ1n) is 9.88. The number of rotatable bonds is 3. The molecule has 0 bridgehead atoms. The number of carbonyl (C=O) groups excluding carboxylic acids is 2. The molecule has 4 rings (SSSR count). The Labute approximate surface area is 176 Å². The van der Waals surface area contributed by atoms with Crippen LogP contribution in [0, 0.1) is 20.8 Å². The summed E-state index contributed by atoms with van der Waals surface area (Å²) < 4.78 is 0. The van der Waals surface area contributed by atoms with Crippen LogP contribution in [0.4, 0.5) is 5.69 Å². The molecular formula is C26H23NO3. The predicted octanol–water partition coefficient (Wildman–Crippen LogP) is 5.24. The van der Waals surface area contributed by atoms with Crippen LogP contribution in [0.25, 0.3) is 5.76 Å². The Morgan fingerprint density at radius 1 is 0.833 bits per heavy atom. The number of carbonyl (C=O) groups is 2. The normalized spacial score (nSPS) is 18.1. The fourth-order valence-corrected chi connectivity index (χ4v) is 3.93. The van der Waals surface area contributed by atoms with E-state index in [1.807, 2.05) is 81.4 Å². The summed E-state index contributed by atoms with van der Waals surface area (Å²) in [6.07, 6.45) is 0. The molecule has 1 atom stereocenters. The van der Waals surface area contributed by atoms with Crippen LogP contribution in [-0.4, -0.2) is 16.8 Å². The van der Waals surface area contributed by atoms with Crippen molar-refractivity contribution in [3.8, 4) is 0 Å². The Kier molecular flexibility index (Phi) is 5.00. The third kappa shape index (κ3) is 3.30. The van der Waals surface area contributed by atoms with Crippen molar-refractivity contribution in [2.75, 3.05) is 4.90 Å². The van der Waals surface area contributed by atoms with E-state index in [1.165, 1.54) is 4.90 Å². The van der Waals surface area contributed by atoms with Gasteiger partial charge in [0.15, 0.2) is 0 Å². The molecule has 1 aliphatic rings. The van der Waals surface area contributed by atoms with Gasteiger partial charge in [-0.3, -0.25) is 14.5 Å². The van der Waals surface area contributed by atoms with Crippen molar-refractivity contribution in [2.24, 2.45) is 0 Å². The van der Waals surface area contributed by atoms with E-state index in [0.29, 0.717) is 11.3 Å². The summed E-state index contributed by atoms with van der Waals surface area (Å²) in [6, 6.07) is 21.7. The third-order valence-electron chi connectivity index (χ3n) is 5.53. The minimum atomic E-state index is -0.700. The molecule has 1 aliphatic heterocycles. The summed E-state index contributed by atoms with van der Waals surface area (Å²) in [5.41, 5.74) is 5.04. The van der Waals surface area contributed by atoms with Crippen molar-refractivity contribution < 1.29 is 14.7 Å². The summed E-state index contributed by atoms with van der Waals surface area (Å²) in [7, 11) is 0. The number of amides is 1. The zero-order valence-corrected chi connectivity index (χ0v) is 17.2. The van der Waals surface area contributed by atoms with E-state index < -0.39 is 17.7 Å². The maximum atomic E-state index is 13.1.